The van der Waals surface area contributed by atoms with Crippen LogP contribution in [-0.2, 0) is 0 Å². The Balaban J connectivity index is 1.93. The van der Waals surface area contributed by atoms with Crippen molar-refractivity contribution in [1.82, 2.24) is 14.9 Å². The van der Waals surface area contributed by atoms with Gasteiger partial charge in [0.1, 0.15) is 0 Å². The molecular formula is C18H23N3O4. The zero-order valence-corrected chi connectivity index (χ0v) is 14.2. The molecule has 1 saturated heterocycles. The molecule has 7 heteroatoms. The van der Waals surface area contributed by atoms with Crippen LogP contribution < -0.4 is 5.56 Å². The number of para-hydroxylation sites is 2. The summed E-state index contributed by atoms with van der Waals surface area (Å²) < 4.78 is 0. The van der Waals surface area contributed by atoms with Gasteiger partial charge in [0.2, 0.25) is 0 Å². The number of aliphatic hydroxyl groups is 2. The molecule has 7 nitrogen and oxygen atoms in total. The number of hydrogen-bond acceptors (Lipinski definition) is 5. The fourth-order valence-corrected chi connectivity index (χ4v) is 3.62. The first-order valence-electron chi connectivity index (χ1n) is 8.58. The molecule has 3 rings (SSSR count). The highest BCUT2D eigenvalue weighted by molar-refractivity contribution is 5.93. The summed E-state index contributed by atoms with van der Waals surface area (Å²) in [6, 6.07) is 7.04. The second-order valence-corrected chi connectivity index (χ2v) is 6.73. The van der Waals surface area contributed by atoms with E-state index >= 15 is 0 Å². The van der Waals surface area contributed by atoms with Gasteiger partial charge in [-0.25, -0.2) is 4.98 Å². The minimum atomic E-state index is -0.744. The van der Waals surface area contributed by atoms with Crippen LogP contribution in [0.1, 0.15) is 36.7 Å². The lowest BCUT2D eigenvalue weighted by Crippen LogP contribution is -2.55. The van der Waals surface area contributed by atoms with Crippen molar-refractivity contribution >= 4 is 16.9 Å². The van der Waals surface area contributed by atoms with Crippen molar-refractivity contribution < 1.29 is 15.0 Å². The van der Waals surface area contributed by atoms with Gasteiger partial charge in [0.25, 0.3) is 11.5 Å². The molecule has 0 spiro atoms. The fraction of sp³-hybridized carbons (Fsp3) is 0.500. The fourth-order valence-electron chi connectivity index (χ4n) is 3.62. The number of piperidine rings is 1. The van der Waals surface area contributed by atoms with Crippen LogP contribution in [0.15, 0.2) is 29.1 Å². The number of aliphatic hydroxyl groups excluding tert-OH is 2. The van der Waals surface area contributed by atoms with Crippen LogP contribution in [0.4, 0.5) is 0 Å². The third kappa shape index (κ3) is 3.17. The Morgan fingerprint density at radius 1 is 1.44 bits per heavy atom. The van der Waals surface area contributed by atoms with E-state index in [-0.39, 0.29) is 18.8 Å². The predicted octanol–water partition coefficient (Wildman–Crippen LogP) is 0.909. The van der Waals surface area contributed by atoms with E-state index in [1.54, 1.807) is 24.3 Å². The van der Waals surface area contributed by atoms with Crippen molar-refractivity contribution in [2.45, 2.75) is 32.3 Å². The van der Waals surface area contributed by atoms with E-state index < -0.39 is 23.0 Å². The smallest absolute Gasteiger partial charge is 0.280 e. The van der Waals surface area contributed by atoms with Crippen LogP contribution in [0.5, 0.6) is 0 Å². The molecule has 2 atom stereocenters. The highest BCUT2D eigenvalue weighted by Gasteiger charge is 2.43. The minimum Gasteiger partial charge on any atom is -0.396 e. The van der Waals surface area contributed by atoms with Crippen molar-refractivity contribution in [1.29, 1.82) is 0 Å². The highest BCUT2D eigenvalue weighted by atomic mass is 16.3. The van der Waals surface area contributed by atoms with Gasteiger partial charge in [0, 0.05) is 18.5 Å². The maximum atomic E-state index is 12.9. The zero-order valence-electron chi connectivity index (χ0n) is 14.2. The van der Waals surface area contributed by atoms with E-state index in [0.717, 1.165) is 6.42 Å². The Labute approximate surface area is 145 Å². The van der Waals surface area contributed by atoms with Crippen LogP contribution in [0, 0.1) is 5.41 Å². The van der Waals surface area contributed by atoms with Gasteiger partial charge in [-0.05, 0) is 25.0 Å². The van der Waals surface area contributed by atoms with Crippen molar-refractivity contribution in [3.63, 3.8) is 0 Å². The van der Waals surface area contributed by atoms with E-state index in [4.69, 9.17) is 0 Å². The first kappa shape index (κ1) is 17.6. The average Bonchev–Trinajstić information content (AvgIpc) is 2.62. The molecule has 25 heavy (non-hydrogen) atoms. The van der Waals surface area contributed by atoms with Crippen LogP contribution in [-0.4, -0.2) is 56.8 Å². The molecular weight excluding hydrogens is 322 g/mol. The molecule has 3 N–H and O–H groups in total. The number of carbonyl (C=O) groups is 1. The number of hydrogen-bond donors (Lipinski definition) is 3. The van der Waals surface area contributed by atoms with Gasteiger partial charge >= 0.3 is 0 Å². The normalized spacial score (nSPS) is 23.8. The first-order chi connectivity index (χ1) is 12.0. The van der Waals surface area contributed by atoms with Crippen molar-refractivity contribution in [3.05, 3.63) is 40.3 Å². The third-order valence-electron chi connectivity index (χ3n) is 5.04. The number of benzene rings is 1. The molecule has 0 bridgehead atoms. The Kier molecular flexibility index (Phi) is 4.87. The molecule has 2 heterocycles. The Bertz CT molecular complexity index is 834. The SMILES string of the molecule is CCC[C@@]1(CO)CN(C(=O)c2nc3ccccc3[nH]c2=O)CC[C@H]1O. The van der Waals surface area contributed by atoms with Crippen LogP contribution in [0.2, 0.25) is 0 Å². The van der Waals surface area contributed by atoms with Crippen molar-refractivity contribution in [2.24, 2.45) is 5.41 Å². The van der Waals surface area contributed by atoms with Crippen LogP contribution in [0.3, 0.4) is 0 Å². The lowest BCUT2D eigenvalue weighted by atomic mass is 9.74. The standard InChI is InChI=1S/C18H23N3O4/c1-2-8-18(11-22)10-21(9-7-14(18)23)17(25)15-16(24)20-13-6-4-3-5-12(13)19-15/h3-6,14,22-23H,2,7-11H2,1H3,(H,20,24)/t14-,18+/m1/s1. The maximum absolute atomic E-state index is 12.9. The van der Waals surface area contributed by atoms with Crippen LogP contribution >= 0.6 is 0 Å². The zero-order chi connectivity index (χ0) is 18.0. The number of nitrogens with one attached hydrogen (secondary N) is 1. The van der Waals surface area contributed by atoms with Gasteiger partial charge in [0.15, 0.2) is 5.69 Å². The quantitative estimate of drug-likeness (QED) is 0.764. The van der Waals surface area contributed by atoms with Gasteiger partial charge in [-0.15, -0.1) is 0 Å². The number of aromatic amines is 1. The van der Waals surface area contributed by atoms with Crippen LogP contribution in [0.25, 0.3) is 11.0 Å². The largest absolute Gasteiger partial charge is 0.396 e. The average molecular weight is 345 g/mol. The van der Waals surface area contributed by atoms with Gasteiger partial charge in [-0.3, -0.25) is 9.59 Å². The predicted molar refractivity (Wildman–Crippen MR) is 93.3 cm³/mol. The molecule has 0 saturated carbocycles. The van der Waals surface area contributed by atoms with E-state index in [2.05, 4.69) is 9.97 Å². The monoisotopic (exact) mass is 345 g/mol. The number of H-pyrrole nitrogens is 1. The van der Waals surface area contributed by atoms with Crippen molar-refractivity contribution in [2.75, 3.05) is 19.7 Å². The summed E-state index contributed by atoms with van der Waals surface area (Å²) in [5.74, 6) is -0.465. The minimum absolute atomic E-state index is 0.154. The molecule has 1 aliphatic heterocycles. The first-order valence-corrected chi connectivity index (χ1v) is 8.58. The third-order valence-corrected chi connectivity index (χ3v) is 5.04. The number of fused-ring (bicyclic) bond motifs is 1. The lowest BCUT2D eigenvalue weighted by molar-refractivity contribution is -0.0721. The molecule has 2 aromatic rings. The summed E-state index contributed by atoms with van der Waals surface area (Å²) >= 11 is 0. The molecule has 1 aromatic carbocycles. The molecule has 0 unspecified atom stereocenters. The summed E-state index contributed by atoms with van der Waals surface area (Å²) in [4.78, 5) is 33.6. The number of rotatable bonds is 4. The number of likely N-dealkylation sites (tertiary alicyclic amines) is 1. The molecule has 1 aliphatic rings. The van der Waals surface area contributed by atoms with Gasteiger partial charge in [-0.1, -0.05) is 25.5 Å². The molecule has 134 valence electrons. The molecule has 1 amide bonds. The Hall–Kier alpha value is -2.25. The van der Waals surface area contributed by atoms with E-state index in [0.29, 0.717) is 30.4 Å². The number of aromatic nitrogens is 2. The molecule has 1 fully saturated rings. The molecule has 0 aliphatic carbocycles. The summed E-state index contributed by atoms with van der Waals surface area (Å²) in [6.45, 7) is 2.32. The summed E-state index contributed by atoms with van der Waals surface area (Å²) in [5.41, 5.74) is -0.302. The highest BCUT2D eigenvalue weighted by Crippen LogP contribution is 2.35. The van der Waals surface area contributed by atoms with E-state index in [1.807, 2.05) is 6.92 Å². The van der Waals surface area contributed by atoms with Gasteiger partial charge in [-0.2, -0.15) is 0 Å². The summed E-state index contributed by atoms with van der Waals surface area (Å²) in [6.07, 6.45) is 1.10. The number of amides is 1. The number of nitrogens with zero attached hydrogens (tertiary/aromatic N) is 2. The maximum Gasteiger partial charge on any atom is 0.280 e. The number of carbonyl (C=O) groups excluding carboxylic acids is 1. The van der Waals surface area contributed by atoms with Gasteiger partial charge < -0.3 is 20.1 Å². The van der Waals surface area contributed by atoms with E-state index in [1.165, 1.54) is 4.90 Å². The Morgan fingerprint density at radius 3 is 2.92 bits per heavy atom. The summed E-state index contributed by atoms with van der Waals surface area (Å²) in [5, 5.41) is 20.2. The van der Waals surface area contributed by atoms with Crippen molar-refractivity contribution in [3.8, 4) is 0 Å². The molecule has 0 radical (unpaired) electrons. The topological polar surface area (TPSA) is 107 Å². The second-order valence-electron chi connectivity index (χ2n) is 6.73. The molecule has 1 aromatic heterocycles. The second kappa shape index (κ2) is 6.93. The Morgan fingerprint density at radius 2 is 2.20 bits per heavy atom. The lowest BCUT2D eigenvalue weighted by Gasteiger charge is -2.45. The van der Waals surface area contributed by atoms with Gasteiger partial charge in [0.05, 0.1) is 23.7 Å². The van der Waals surface area contributed by atoms with E-state index in [9.17, 15) is 19.8 Å². The summed E-state index contributed by atoms with van der Waals surface area (Å²) in [7, 11) is 0.